The van der Waals surface area contributed by atoms with E-state index in [1.807, 2.05) is 13.1 Å². The van der Waals surface area contributed by atoms with Crippen molar-refractivity contribution >= 4 is 0 Å². The Morgan fingerprint density at radius 1 is 1.35 bits per heavy atom. The third-order valence-electron chi connectivity index (χ3n) is 4.09. The Kier molecular flexibility index (Phi) is 3.65. The van der Waals surface area contributed by atoms with E-state index in [1.54, 1.807) is 13.4 Å². The molecule has 1 aliphatic rings. The Bertz CT molecular complexity index is 600. The van der Waals surface area contributed by atoms with Crippen LogP contribution in [0, 0.1) is 0 Å². The molecule has 20 heavy (non-hydrogen) atoms. The quantitative estimate of drug-likeness (QED) is 0.901. The monoisotopic (exact) mass is 269 g/mol. The molecule has 0 fully saturated rings. The van der Waals surface area contributed by atoms with E-state index >= 15 is 0 Å². The predicted molar refractivity (Wildman–Crippen MR) is 78.0 cm³/mol. The molecule has 0 amide bonds. The number of methoxy groups -OCH3 is 1. The van der Waals surface area contributed by atoms with Crippen molar-refractivity contribution in [3.63, 3.8) is 0 Å². The van der Waals surface area contributed by atoms with Gasteiger partial charge in [0.1, 0.15) is 6.33 Å². The van der Waals surface area contributed by atoms with Crippen molar-refractivity contribution in [1.29, 1.82) is 0 Å². The second-order valence-electron chi connectivity index (χ2n) is 5.16. The first kappa shape index (κ1) is 13.1. The molecule has 0 saturated heterocycles. The van der Waals surface area contributed by atoms with Gasteiger partial charge in [0, 0.05) is 30.1 Å². The molecule has 104 valence electrons. The van der Waals surface area contributed by atoms with Gasteiger partial charge < -0.3 is 10.1 Å². The van der Waals surface area contributed by atoms with E-state index in [2.05, 4.69) is 39.6 Å². The lowest BCUT2D eigenvalue weighted by Crippen LogP contribution is -2.39. The molecule has 3 rings (SSSR count). The zero-order chi connectivity index (χ0) is 13.9. The number of nitrogens with zero attached hydrogens (tertiary/aromatic N) is 2. The van der Waals surface area contributed by atoms with Crippen molar-refractivity contribution in [3.05, 3.63) is 53.5 Å². The molecule has 1 aromatic heterocycles. The molecule has 0 radical (unpaired) electrons. The molecule has 2 atom stereocenters. The van der Waals surface area contributed by atoms with E-state index < -0.39 is 0 Å². The summed E-state index contributed by atoms with van der Waals surface area (Å²) in [5.74, 6) is 1.19. The molecule has 4 nitrogen and oxygen atoms in total. The molecule has 4 heteroatoms. The third-order valence-corrected chi connectivity index (χ3v) is 4.09. The Balaban J connectivity index is 1.75. The van der Waals surface area contributed by atoms with Crippen molar-refractivity contribution < 1.29 is 4.74 Å². The van der Waals surface area contributed by atoms with Crippen molar-refractivity contribution in [2.24, 2.45) is 0 Å². The molecule has 2 aromatic rings. The fraction of sp³-hybridized carbons (Fsp3) is 0.375. The molecule has 1 aliphatic carbocycles. The highest BCUT2D eigenvalue weighted by Crippen LogP contribution is 2.38. The Hall–Kier alpha value is -1.94. The first-order chi connectivity index (χ1) is 9.81. The fourth-order valence-electron chi connectivity index (χ4n) is 2.93. The van der Waals surface area contributed by atoms with Crippen LogP contribution in [0.15, 0.2) is 36.7 Å². The minimum Gasteiger partial charge on any atom is -0.481 e. The van der Waals surface area contributed by atoms with Crippen LogP contribution in [0.5, 0.6) is 5.88 Å². The molecular weight excluding hydrogens is 250 g/mol. The van der Waals surface area contributed by atoms with Gasteiger partial charge in [-0.15, -0.1) is 0 Å². The smallest absolute Gasteiger partial charge is 0.216 e. The highest BCUT2D eigenvalue weighted by atomic mass is 16.5. The fourth-order valence-corrected chi connectivity index (χ4v) is 2.93. The van der Waals surface area contributed by atoms with Crippen LogP contribution < -0.4 is 10.1 Å². The zero-order valence-electron chi connectivity index (χ0n) is 11.8. The van der Waals surface area contributed by atoms with Crippen LogP contribution in [0.25, 0.3) is 0 Å². The van der Waals surface area contributed by atoms with Crippen molar-refractivity contribution in [2.75, 3.05) is 14.2 Å². The van der Waals surface area contributed by atoms with Crippen LogP contribution in [-0.2, 0) is 12.8 Å². The summed E-state index contributed by atoms with van der Waals surface area (Å²) in [7, 11) is 3.65. The van der Waals surface area contributed by atoms with Gasteiger partial charge in [-0.3, -0.25) is 0 Å². The molecule has 0 saturated carbocycles. The number of rotatable bonds is 5. The van der Waals surface area contributed by atoms with Gasteiger partial charge in [0.25, 0.3) is 0 Å². The minimum atomic E-state index is 0.393. The number of aromatic nitrogens is 2. The van der Waals surface area contributed by atoms with Gasteiger partial charge in [-0.05, 0) is 24.6 Å². The molecule has 0 aliphatic heterocycles. The van der Waals surface area contributed by atoms with Crippen molar-refractivity contribution in [3.8, 4) is 5.88 Å². The van der Waals surface area contributed by atoms with Crippen LogP contribution in [0.2, 0.25) is 0 Å². The molecular formula is C16H19N3O. The Morgan fingerprint density at radius 2 is 2.20 bits per heavy atom. The van der Waals surface area contributed by atoms with E-state index in [-0.39, 0.29) is 0 Å². The highest BCUT2D eigenvalue weighted by molar-refractivity contribution is 5.41. The SMILES string of the molecule is CNC(Cc1cc(OC)ncn1)C1Cc2ccccc21. The van der Waals surface area contributed by atoms with Crippen molar-refractivity contribution in [2.45, 2.75) is 24.8 Å². The normalized spacial score (nSPS) is 18.0. The Morgan fingerprint density at radius 3 is 2.95 bits per heavy atom. The van der Waals surface area contributed by atoms with Crippen LogP contribution in [-0.4, -0.2) is 30.2 Å². The largest absolute Gasteiger partial charge is 0.481 e. The molecule has 0 bridgehead atoms. The molecule has 1 N–H and O–H groups in total. The number of benzene rings is 1. The summed E-state index contributed by atoms with van der Waals surface area (Å²) in [5.41, 5.74) is 3.95. The molecule has 1 aromatic carbocycles. The lowest BCUT2D eigenvalue weighted by molar-refractivity contribution is 0.392. The van der Waals surface area contributed by atoms with Gasteiger partial charge in [0.2, 0.25) is 5.88 Å². The van der Waals surface area contributed by atoms with Gasteiger partial charge in [-0.25, -0.2) is 9.97 Å². The average molecular weight is 269 g/mol. The number of hydrogen-bond donors (Lipinski definition) is 1. The van der Waals surface area contributed by atoms with E-state index in [4.69, 9.17) is 4.74 Å². The van der Waals surface area contributed by atoms with E-state index in [1.165, 1.54) is 11.1 Å². The number of fused-ring (bicyclic) bond motifs is 1. The minimum absolute atomic E-state index is 0.393. The number of likely N-dealkylation sites (N-methyl/N-ethyl adjacent to an activating group) is 1. The summed E-state index contributed by atoms with van der Waals surface area (Å²) >= 11 is 0. The average Bonchev–Trinajstić information content (AvgIpc) is 2.47. The summed E-state index contributed by atoms with van der Waals surface area (Å²) in [4.78, 5) is 8.39. The maximum atomic E-state index is 5.16. The first-order valence-corrected chi connectivity index (χ1v) is 6.91. The molecule has 0 spiro atoms. The molecule has 1 heterocycles. The van der Waals surface area contributed by atoms with Gasteiger partial charge in [-0.1, -0.05) is 24.3 Å². The predicted octanol–water partition coefficient (Wildman–Crippen LogP) is 1.96. The zero-order valence-corrected chi connectivity index (χ0v) is 11.8. The number of nitrogens with one attached hydrogen (secondary N) is 1. The highest BCUT2D eigenvalue weighted by Gasteiger charge is 2.32. The second-order valence-corrected chi connectivity index (χ2v) is 5.16. The summed E-state index contributed by atoms with van der Waals surface area (Å²) in [6, 6.07) is 11.0. The number of ether oxygens (including phenoxy) is 1. The summed E-state index contributed by atoms with van der Waals surface area (Å²) in [6.45, 7) is 0. The number of hydrogen-bond acceptors (Lipinski definition) is 4. The van der Waals surface area contributed by atoms with Crippen LogP contribution in [0.3, 0.4) is 0 Å². The topological polar surface area (TPSA) is 47.0 Å². The summed E-state index contributed by atoms with van der Waals surface area (Å²) in [5, 5.41) is 3.43. The maximum Gasteiger partial charge on any atom is 0.216 e. The summed E-state index contributed by atoms with van der Waals surface area (Å²) < 4.78 is 5.16. The van der Waals surface area contributed by atoms with Crippen molar-refractivity contribution in [1.82, 2.24) is 15.3 Å². The lowest BCUT2D eigenvalue weighted by atomic mass is 9.72. The summed E-state index contributed by atoms with van der Waals surface area (Å²) in [6.07, 6.45) is 3.59. The second kappa shape index (κ2) is 5.59. The van der Waals surface area contributed by atoms with E-state index in [0.29, 0.717) is 17.8 Å². The Labute approximate surface area is 119 Å². The van der Waals surface area contributed by atoms with E-state index in [0.717, 1.165) is 18.5 Å². The standard InChI is InChI=1S/C16H19N3O/c1-17-15(8-12-9-16(20-2)19-10-18-12)14-7-11-5-3-4-6-13(11)14/h3-6,9-10,14-15,17H,7-8H2,1-2H3. The van der Waals surface area contributed by atoms with Gasteiger partial charge in [-0.2, -0.15) is 0 Å². The van der Waals surface area contributed by atoms with E-state index in [9.17, 15) is 0 Å². The van der Waals surface area contributed by atoms with Gasteiger partial charge >= 0.3 is 0 Å². The van der Waals surface area contributed by atoms with Crippen LogP contribution >= 0.6 is 0 Å². The van der Waals surface area contributed by atoms with Crippen LogP contribution in [0.4, 0.5) is 0 Å². The first-order valence-electron chi connectivity index (χ1n) is 6.91. The van der Waals surface area contributed by atoms with Crippen LogP contribution in [0.1, 0.15) is 22.7 Å². The van der Waals surface area contributed by atoms with Gasteiger partial charge in [0.05, 0.1) is 7.11 Å². The van der Waals surface area contributed by atoms with Gasteiger partial charge in [0.15, 0.2) is 0 Å². The maximum absolute atomic E-state index is 5.16. The third kappa shape index (κ3) is 2.39. The lowest BCUT2D eigenvalue weighted by Gasteiger charge is -2.36. The molecule has 2 unspecified atom stereocenters.